The average Bonchev–Trinajstić information content (AvgIpc) is 3.14. The van der Waals surface area contributed by atoms with Gasteiger partial charge < -0.3 is 15.3 Å². The highest BCUT2D eigenvalue weighted by atomic mass is 35.5. The molecule has 1 saturated heterocycles. The van der Waals surface area contributed by atoms with E-state index in [0.29, 0.717) is 30.6 Å². The van der Waals surface area contributed by atoms with Gasteiger partial charge in [-0.1, -0.05) is 6.07 Å². The van der Waals surface area contributed by atoms with E-state index in [1.165, 1.54) is 0 Å². The minimum Gasteiger partial charge on any atom is -0.391 e. The molecular weight excluding hydrogens is 400 g/mol. The van der Waals surface area contributed by atoms with Crippen LogP contribution in [0.3, 0.4) is 0 Å². The zero-order valence-corrected chi connectivity index (χ0v) is 16.7. The lowest BCUT2D eigenvalue weighted by Crippen LogP contribution is -2.40. The molecule has 1 aromatic carbocycles. The van der Waals surface area contributed by atoms with Crippen LogP contribution in [0.1, 0.15) is 36.0 Å². The minimum atomic E-state index is -2.83. The number of carbonyl (C=O) groups is 1. The number of nitrogens with zero attached hydrogens (tertiary/aromatic N) is 2. The number of hydrogen-bond donors (Lipinski definition) is 2. The molecule has 0 spiro atoms. The van der Waals surface area contributed by atoms with Crippen LogP contribution in [0.15, 0.2) is 30.3 Å². The zero-order chi connectivity index (χ0) is 20.6. The summed E-state index contributed by atoms with van der Waals surface area (Å²) in [4.78, 5) is 19.4. The van der Waals surface area contributed by atoms with E-state index in [0.717, 1.165) is 24.2 Å². The number of alkyl halides is 3. The topological polar surface area (TPSA) is 65.5 Å². The van der Waals surface area contributed by atoms with Crippen molar-refractivity contribution >= 4 is 34.2 Å². The van der Waals surface area contributed by atoms with Gasteiger partial charge in [-0.3, -0.25) is 4.79 Å². The second-order valence-corrected chi connectivity index (χ2v) is 8.54. The van der Waals surface area contributed by atoms with Crippen molar-refractivity contribution in [2.24, 2.45) is 5.92 Å². The molecule has 156 valence electrons. The van der Waals surface area contributed by atoms with Crippen molar-refractivity contribution < 1.29 is 18.7 Å². The van der Waals surface area contributed by atoms with Gasteiger partial charge in [-0.2, -0.15) is 0 Å². The molecule has 2 heterocycles. The smallest absolute Gasteiger partial charge is 0.264 e. The predicted octanol–water partition coefficient (Wildman–Crippen LogP) is 3.58. The fourth-order valence-electron chi connectivity index (χ4n) is 4.12. The van der Waals surface area contributed by atoms with Crippen molar-refractivity contribution in [3.63, 3.8) is 0 Å². The lowest BCUT2D eigenvalue weighted by Gasteiger charge is -2.32. The number of fused-ring (bicyclic) bond motifs is 1. The molecule has 2 aliphatic rings. The van der Waals surface area contributed by atoms with Gasteiger partial charge in [-0.05, 0) is 49.4 Å². The number of β-amino-alcohol motifs (C(OH)–C–C–N with tert-alkyl or cyclic N) is 1. The lowest BCUT2D eigenvalue weighted by molar-refractivity contribution is -0.0407. The fourth-order valence-corrected chi connectivity index (χ4v) is 4.48. The molecule has 3 unspecified atom stereocenters. The summed E-state index contributed by atoms with van der Waals surface area (Å²) in [6.07, 6.45) is 0.680. The van der Waals surface area contributed by atoms with E-state index in [9.17, 15) is 18.7 Å². The molecule has 0 radical (unpaired) electrons. The number of rotatable bonds is 4. The number of pyridine rings is 1. The monoisotopic (exact) mass is 423 g/mol. The van der Waals surface area contributed by atoms with Crippen molar-refractivity contribution in [3.05, 3.63) is 35.9 Å². The fraction of sp³-hybridized carbons (Fsp3) is 0.524. The highest BCUT2D eigenvalue weighted by Gasteiger charge is 2.43. The van der Waals surface area contributed by atoms with E-state index in [1.807, 2.05) is 23.1 Å². The van der Waals surface area contributed by atoms with Gasteiger partial charge >= 0.3 is 0 Å². The molecule has 2 fully saturated rings. The highest BCUT2D eigenvalue weighted by Crippen LogP contribution is 2.39. The van der Waals surface area contributed by atoms with Crippen molar-refractivity contribution in [1.82, 2.24) is 10.3 Å². The Labute approximate surface area is 173 Å². The second-order valence-electron chi connectivity index (χ2n) is 8.01. The van der Waals surface area contributed by atoms with Crippen LogP contribution in [0, 0.1) is 5.92 Å². The first-order chi connectivity index (χ1) is 13.8. The normalized spacial score (nSPS) is 26.6. The van der Waals surface area contributed by atoms with Crippen molar-refractivity contribution in [3.8, 4) is 0 Å². The number of aliphatic hydroxyl groups is 1. The van der Waals surface area contributed by atoms with Crippen LogP contribution < -0.4 is 10.2 Å². The van der Waals surface area contributed by atoms with Gasteiger partial charge in [0, 0.05) is 37.0 Å². The Kier molecular flexibility index (Phi) is 5.62. The number of hydrogen-bond acceptors (Lipinski definition) is 4. The van der Waals surface area contributed by atoms with Crippen LogP contribution in [-0.4, -0.2) is 53.0 Å². The first kappa shape index (κ1) is 20.3. The van der Waals surface area contributed by atoms with Crippen LogP contribution in [0.4, 0.5) is 14.6 Å². The number of nitrogens with one attached hydrogen (secondary N) is 1. The van der Waals surface area contributed by atoms with Crippen LogP contribution in [0.25, 0.3) is 10.9 Å². The summed E-state index contributed by atoms with van der Waals surface area (Å²) in [5, 5.41) is 12.2. The molecule has 1 amide bonds. The molecule has 2 N–H and O–H groups in total. The van der Waals surface area contributed by atoms with Gasteiger partial charge in [0.25, 0.3) is 11.8 Å². The van der Waals surface area contributed by atoms with E-state index in [4.69, 9.17) is 11.6 Å². The molecule has 1 saturated carbocycles. The van der Waals surface area contributed by atoms with Gasteiger partial charge in [0.2, 0.25) is 0 Å². The molecular formula is C21H24ClF2N3O2. The van der Waals surface area contributed by atoms with E-state index in [2.05, 4.69) is 10.3 Å². The van der Waals surface area contributed by atoms with E-state index < -0.39 is 11.3 Å². The molecule has 4 rings (SSSR count). The highest BCUT2D eigenvalue weighted by molar-refractivity contribution is 6.21. The van der Waals surface area contributed by atoms with E-state index in [1.54, 1.807) is 12.1 Å². The summed E-state index contributed by atoms with van der Waals surface area (Å²) < 4.78 is 27.1. The first-order valence-corrected chi connectivity index (χ1v) is 10.4. The SMILES string of the molecule is O=C(NCC1CCC(F)(F)C(Cl)C1)c1cccc2nc(N3CCC(O)C3)ccc12. The third-order valence-corrected chi connectivity index (χ3v) is 6.38. The maximum atomic E-state index is 13.5. The van der Waals surface area contributed by atoms with Crippen molar-refractivity contribution in [2.45, 2.75) is 43.1 Å². The van der Waals surface area contributed by atoms with Gasteiger partial charge in [-0.15, -0.1) is 11.6 Å². The third kappa shape index (κ3) is 4.31. The molecule has 3 atom stereocenters. The van der Waals surface area contributed by atoms with Crippen LogP contribution >= 0.6 is 11.6 Å². The van der Waals surface area contributed by atoms with Crippen LogP contribution in [0.5, 0.6) is 0 Å². The average molecular weight is 424 g/mol. The molecule has 1 aliphatic heterocycles. The van der Waals surface area contributed by atoms with Gasteiger partial charge in [0.05, 0.1) is 17.0 Å². The Hall–Kier alpha value is -1.99. The number of aliphatic hydroxyl groups excluding tert-OH is 1. The number of amides is 1. The zero-order valence-electron chi connectivity index (χ0n) is 16.0. The molecule has 29 heavy (non-hydrogen) atoms. The maximum absolute atomic E-state index is 13.5. The predicted molar refractivity (Wildman–Crippen MR) is 109 cm³/mol. The second kappa shape index (κ2) is 8.03. The van der Waals surface area contributed by atoms with E-state index >= 15 is 0 Å². The summed E-state index contributed by atoms with van der Waals surface area (Å²) in [7, 11) is 0. The number of halogens is 3. The number of anilines is 1. The molecule has 5 nitrogen and oxygen atoms in total. The van der Waals surface area contributed by atoms with Crippen LogP contribution in [-0.2, 0) is 0 Å². The third-order valence-electron chi connectivity index (χ3n) is 5.88. The lowest BCUT2D eigenvalue weighted by atomic mass is 9.86. The first-order valence-electron chi connectivity index (χ1n) is 9.96. The van der Waals surface area contributed by atoms with E-state index in [-0.39, 0.29) is 30.8 Å². The summed E-state index contributed by atoms with van der Waals surface area (Å²) in [5.74, 6) is -2.35. The summed E-state index contributed by atoms with van der Waals surface area (Å²) in [5.41, 5.74) is 1.21. The summed E-state index contributed by atoms with van der Waals surface area (Å²) in [6.45, 7) is 1.63. The molecule has 8 heteroatoms. The Bertz CT molecular complexity index is 911. The molecule has 0 bridgehead atoms. The molecule has 1 aromatic heterocycles. The Morgan fingerprint density at radius 2 is 2.14 bits per heavy atom. The van der Waals surface area contributed by atoms with Crippen LogP contribution in [0.2, 0.25) is 0 Å². The summed E-state index contributed by atoms with van der Waals surface area (Å²) >= 11 is 5.80. The minimum absolute atomic E-state index is 0.0534. The Morgan fingerprint density at radius 3 is 2.86 bits per heavy atom. The maximum Gasteiger partial charge on any atom is 0.264 e. The Balaban J connectivity index is 1.45. The largest absolute Gasteiger partial charge is 0.391 e. The molecule has 1 aliphatic carbocycles. The number of benzene rings is 1. The summed E-state index contributed by atoms with van der Waals surface area (Å²) in [6, 6.07) is 9.09. The van der Waals surface area contributed by atoms with Gasteiger partial charge in [-0.25, -0.2) is 13.8 Å². The van der Waals surface area contributed by atoms with Gasteiger partial charge in [0.1, 0.15) is 5.82 Å². The molecule has 2 aromatic rings. The van der Waals surface area contributed by atoms with Crippen molar-refractivity contribution in [2.75, 3.05) is 24.5 Å². The standard InChI is InChI=1S/C21H24ClF2N3O2/c22-18-10-13(6-8-21(18,23)24)11-25-20(29)16-2-1-3-17-15(16)4-5-19(26-17)27-9-7-14(28)12-27/h1-5,13-14,18,28H,6-12H2,(H,25,29). The quantitative estimate of drug-likeness (QED) is 0.738. The Morgan fingerprint density at radius 1 is 1.31 bits per heavy atom. The van der Waals surface area contributed by atoms with Gasteiger partial charge in [0.15, 0.2) is 0 Å². The number of carbonyl (C=O) groups excluding carboxylic acids is 1. The number of aromatic nitrogens is 1. The van der Waals surface area contributed by atoms with Crippen molar-refractivity contribution in [1.29, 1.82) is 0 Å².